The van der Waals surface area contributed by atoms with Crippen LogP contribution in [0.5, 0.6) is 0 Å². The van der Waals surface area contributed by atoms with E-state index in [0.29, 0.717) is 5.92 Å². The highest BCUT2D eigenvalue weighted by Crippen LogP contribution is 2.30. The minimum absolute atomic E-state index is 0.596. The molecule has 0 saturated carbocycles. The van der Waals surface area contributed by atoms with E-state index in [4.69, 9.17) is 4.98 Å². The number of nitrogens with one attached hydrogen (secondary N) is 1. The van der Waals surface area contributed by atoms with E-state index in [1.807, 2.05) is 11.3 Å². The number of hydrogen-bond acceptors (Lipinski definition) is 4. The summed E-state index contributed by atoms with van der Waals surface area (Å²) in [6.07, 6.45) is 5.18. The minimum Gasteiger partial charge on any atom is -0.314 e. The first kappa shape index (κ1) is 12.6. The molecule has 0 aromatic carbocycles. The summed E-state index contributed by atoms with van der Waals surface area (Å²) in [7, 11) is 0. The van der Waals surface area contributed by atoms with E-state index in [2.05, 4.69) is 17.1 Å². The molecule has 1 fully saturated rings. The molecule has 3 nitrogen and oxygen atoms in total. The van der Waals surface area contributed by atoms with Crippen molar-refractivity contribution in [3.63, 3.8) is 0 Å². The van der Waals surface area contributed by atoms with Crippen molar-refractivity contribution in [3.05, 3.63) is 15.6 Å². The summed E-state index contributed by atoms with van der Waals surface area (Å²) in [5, 5.41) is 4.79. The maximum absolute atomic E-state index is 4.89. The highest BCUT2D eigenvalue weighted by Gasteiger charge is 2.20. The van der Waals surface area contributed by atoms with Crippen LogP contribution < -0.4 is 5.32 Å². The van der Waals surface area contributed by atoms with Gasteiger partial charge >= 0.3 is 0 Å². The number of fused-ring (bicyclic) bond motifs is 1. The summed E-state index contributed by atoms with van der Waals surface area (Å²) < 4.78 is 0. The molecular formula is C14H23N3S. The van der Waals surface area contributed by atoms with Crippen LogP contribution in [0.4, 0.5) is 0 Å². The SMILES string of the molecule is CC(CN1CCNCC1)c1nc2c(s1)CCCC2. The van der Waals surface area contributed by atoms with Gasteiger partial charge in [0.05, 0.1) is 10.7 Å². The molecule has 1 aliphatic heterocycles. The van der Waals surface area contributed by atoms with Crippen LogP contribution in [0.15, 0.2) is 0 Å². The summed E-state index contributed by atoms with van der Waals surface area (Å²) in [5.41, 5.74) is 1.41. The van der Waals surface area contributed by atoms with Gasteiger partial charge in [0.15, 0.2) is 0 Å². The lowest BCUT2D eigenvalue weighted by atomic mass is 10.0. The smallest absolute Gasteiger partial charge is 0.0972 e. The topological polar surface area (TPSA) is 28.2 Å². The van der Waals surface area contributed by atoms with E-state index < -0.39 is 0 Å². The number of aryl methyl sites for hydroxylation is 2. The Balaban J connectivity index is 1.64. The van der Waals surface area contributed by atoms with Crippen LogP contribution in [0, 0.1) is 0 Å². The molecule has 1 saturated heterocycles. The van der Waals surface area contributed by atoms with E-state index >= 15 is 0 Å². The van der Waals surface area contributed by atoms with Crippen molar-refractivity contribution < 1.29 is 0 Å². The molecule has 0 amide bonds. The summed E-state index contributed by atoms with van der Waals surface area (Å²) in [6.45, 7) is 8.17. The van der Waals surface area contributed by atoms with Crippen LogP contribution in [0.25, 0.3) is 0 Å². The quantitative estimate of drug-likeness (QED) is 0.906. The first-order valence-electron chi connectivity index (χ1n) is 7.24. The van der Waals surface area contributed by atoms with Gasteiger partial charge in [-0.1, -0.05) is 6.92 Å². The normalized spacial score (nSPS) is 22.7. The molecule has 1 aromatic rings. The molecule has 1 N–H and O–H groups in total. The number of thiazole rings is 1. The lowest BCUT2D eigenvalue weighted by Gasteiger charge is -2.29. The largest absolute Gasteiger partial charge is 0.314 e. The van der Waals surface area contributed by atoms with E-state index in [1.165, 1.54) is 56.0 Å². The predicted molar refractivity (Wildman–Crippen MR) is 76.5 cm³/mol. The van der Waals surface area contributed by atoms with Gasteiger partial charge in [0.25, 0.3) is 0 Å². The Kier molecular flexibility index (Phi) is 3.97. The zero-order valence-electron chi connectivity index (χ0n) is 11.2. The average Bonchev–Trinajstić information content (AvgIpc) is 2.84. The fraction of sp³-hybridized carbons (Fsp3) is 0.786. The zero-order valence-corrected chi connectivity index (χ0v) is 12.1. The summed E-state index contributed by atoms with van der Waals surface area (Å²) >= 11 is 1.98. The minimum atomic E-state index is 0.596. The van der Waals surface area contributed by atoms with Crippen LogP contribution in [-0.4, -0.2) is 42.6 Å². The van der Waals surface area contributed by atoms with Gasteiger partial charge in [-0.05, 0) is 25.7 Å². The third-order valence-electron chi connectivity index (χ3n) is 4.03. The second-order valence-corrected chi connectivity index (χ2v) is 6.70. The van der Waals surface area contributed by atoms with Gasteiger partial charge in [-0.2, -0.15) is 0 Å². The van der Waals surface area contributed by atoms with Crippen molar-refractivity contribution in [1.82, 2.24) is 15.2 Å². The highest BCUT2D eigenvalue weighted by molar-refractivity contribution is 7.11. The molecule has 0 radical (unpaired) electrons. The first-order chi connectivity index (χ1) is 8.83. The van der Waals surface area contributed by atoms with Gasteiger partial charge in [0.1, 0.15) is 0 Å². The summed E-state index contributed by atoms with van der Waals surface area (Å²) in [5.74, 6) is 0.596. The van der Waals surface area contributed by atoms with Crippen molar-refractivity contribution in [2.45, 2.75) is 38.5 Å². The number of rotatable bonds is 3. The second-order valence-electron chi connectivity index (χ2n) is 5.58. The maximum atomic E-state index is 4.89. The molecule has 0 bridgehead atoms. The predicted octanol–water partition coefficient (Wildman–Crippen LogP) is 2.03. The molecular weight excluding hydrogens is 242 g/mol. The van der Waals surface area contributed by atoms with Crippen LogP contribution in [-0.2, 0) is 12.8 Å². The Morgan fingerprint density at radius 2 is 2.06 bits per heavy atom. The van der Waals surface area contributed by atoms with Crippen molar-refractivity contribution in [2.24, 2.45) is 0 Å². The third-order valence-corrected chi connectivity index (χ3v) is 5.41. The molecule has 3 rings (SSSR count). The van der Waals surface area contributed by atoms with Crippen molar-refractivity contribution >= 4 is 11.3 Å². The van der Waals surface area contributed by atoms with Crippen LogP contribution in [0.2, 0.25) is 0 Å². The molecule has 1 aromatic heterocycles. The van der Waals surface area contributed by atoms with E-state index in [9.17, 15) is 0 Å². The molecule has 2 aliphatic rings. The first-order valence-corrected chi connectivity index (χ1v) is 8.06. The standard InChI is InChI=1S/C14H23N3S/c1-11(10-17-8-6-15-7-9-17)14-16-12-4-2-3-5-13(12)18-14/h11,15H,2-10H2,1H3. The molecule has 4 heteroatoms. The molecule has 1 unspecified atom stereocenters. The van der Waals surface area contributed by atoms with Gasteiger partial charge in [-0.15, -0.1) is 11.3 Å². The Bertz CT molecular complexity index is 372. The van der Waals surface area contributed by atoms with Gasteiger partial charge < -0.3 is 10.2 Å². The lowest BCUT2D eigenvalue weighted by molar-refractivity contribution is 0.230. The lowest BCUT2D eigenvalue weighted by Crippen LogP contribution is -2.44. The third kappa shape index (κ3) is 2.76. The number of piperazine rings is 1. The maximum Gasteiger partial charge on any atom is 0.0972 e. The Labute approximate surface area is 114 Å². The van der Waals surface area contributed by atoms with Gasteiger partial charge in [-0.25, -0.2) is 4.98 Å². The summed E-state index contributed by atoms with van der Waals surface area (Å²) in [6, 6.07) is 0. The fourth-order valence-electron chi connectivity index (χ4n) is 2.94. The van der Waals surface area contributed by atoms with Gasteiger partial charge in [0, 0.05) is 43.5 Å². The molecule has 1 aliphatic carbocycles. The summed E-state index contributed by atoms with van der Waals surface area (Å²) in [4.78, 5) is 9.04. The second kappa shape index (κ2) is 5.68. The Hall–Kier alpha value is -0.450. The molecule has 18 heavy (non-hydrogen) atoms. The van der Waals surface area contributed by atoms with Crippen molar-refractivity contribution in [2.75, 3.05) is 32.7 Å². The highest BCUT2D eigenvalue weighted by atomic mass is 32.1. The molecule has 0 spiro atoms. The van der Waals surface area contributed by atoms with Gasteiger partial charge in [0.2, 0.25) is 0 Å². The van der Waals surface area contributed by atoms with Crippen molar-refractivity contribution in [3.8, 4) is 0 Å². The van der Waals surface area contributed by atoms with Crippen LogP contribution in [0.3, 0.4) is 0 Å². The monoisotopic (exact) mass is 265 g/mol. The van der Waals surface area contributed by atoms with E-state index in [-0.39, 0.29) is 0 Å². The zero-order chi connectivity index (χ0) is 12.4. The molecule has 100 valence electrons. The van der Waals surface area contributed by atoms with E-state index in [1.54, 1.807) is 4.88 Å². The Morgan fingerprint density at radius 1 is 1.28 bits per heavy atom. The molecule has 1 atom stereocenters. The fourth-order valence-corrected chi connectivity index (χ4v) is 4.14. The Morgan fingerprint density at radius 3 is 2.83 bits per heavy atom. The number of hydrogen-bond donors (Lipinski definition) is 1. The van der Waals surface area contributed by atoms with Crippen LogP contribution in [0.1, 0.15) is 41.3 Å². The molecule has 2 heterocycles. The van der Waals surface area contributed by atoms with Crippen molar-refractivity contribution in [1.29, 1.82) is 0 Å². The van der Waals surface area contributed by atoms with E-state index in [0.717, 1.165) is 13.1 Å². The number of nitrogens with zero attached hydrogens (tertiary/aromatic N) is 2. The van der Waals surface area contributed by atoms with Gasteiger partial charge in [-0.3, -0.25) is 0 Å². The average molecular weight is 265 g/mol. The van der Waals surface area contributed by atoms with Crippen LogP contribution >= 0.6 is 11.3 Å². The number of aromatic nitrogens is 1.